The van der Waals surface area contributed by atoms with Crippen molar-refractivity contribution >= 4 is 50.9 Å². The number of amides is 1. The zero-order chi connectivity index (χ0) is 25.0. The fourth-order valence-corrected chi connectivity index (χ4v) is 5.02. The zero-order valence-corrected chi connectivity index (χ0v) is 20.5. The van der Waals surface area contributed by atoms with Crippen LogP contribution in [-0.2, 0) is 25.3 Å². The van der Waals surface area contributed by atoms with Crippen molar-refractivity contribution in [3.63, 3.8) is 0 Å². The number of pyridine rings is 1. The summed E-state index contributed by atoms with van der Waals surface area (Å²) in [6.45, 7) is 2.02. The van der Waals surface area contributed by atoms with E-state index in [2.05, 4.69) is 9.71 Å². The van der Waals surface area contributed by atoms with Gasteiger partial charge in [-0.05, 0) is 30.7 Å². The van der Waals surface area contributed by atoms with E-state index < -0.39 is 33.6 Å². The van der Waals surface area contributed by atoms with E-state index in [1.54, 1.807) is 11.8 Å². The summed E-state index contributed by atoms with van der Waals surface area (Å²) in [6.07, 6.45) is 0. The third kappa shape index (κ3) is 5.70. The van der Waals surface area contributed by atoms with E-state index >= 15 is 0 Å². The van der Waals surface area contributed by atoms with Gasteiger partial charge in [-0.2, -0.15) is 10.2 Å². The number of rotatable bonds is 8. The molecule has 1 fully saturated rings. The van der Waals surface area contributed by atoms with Crippen LogP contribution in [0.3, 0.4) is 0 Å². The predicted octanol–water partition coefficient (Wildman–Crippen LogP) is 2.53. The SMILES string of the molecule is CCOC(=O)c1cc(C#N)c(N2CC(C(=O)NS(=O)(=O)Cc3ccc(Cl)cc3Cl)C2)nc1OC. The van der Waals surface area contributed by atoms with Gasteiger partial charge < -0.3 is 14.4 Å². The van der Waals surface area contributed by atoms with Crippen LogP contribution in [0.15, 0.2) is 24.3 Å². The molecule has 180 valence electrons. The van der Waals surface area contributed by atoms with Gasteiger partial charge in [-0.15, -0.1) is 0 Å². The summed E-state index contributed by atoms with van der Waals surface area (Å²) in [5.41, 5.74) is 0.400. The Kier molecular flexibility index (Phi) is 7.86. The van der Waals surface area contributed by atoms with Gasteiger partial charge >= 0.3 is 5.97 Å². The number of methoxy groups -OCH3 is 1. The number of ether oxygens (including phenoxy) is 2. The second-order valence-electron chi connectivity index (χ2n) is 7.31. The average molecular weight is 527 g/mol. The minimum atomic E-state index is -4.00. The third-order valence-corrected chi connectivity index (χ3v) is 6.74. The Morgan fingerprint density at radius 3 is 2.59 bits per heavy atom. The maximum absolute atomic E-state index is 12.5. The molecule has 13 heteroatoms. The number of nitriles is 1. The first-order valence-corrected chi connectivity index (χ1v) is 12.4. The van der Waals surface area contributed by atoms with E-state index in [4.69, 9.17) is 32.7 Å². The lowest BCUT2D eigenvalue weighted by molar-refractivity contribution is -0.123. The lowest BCUT2D eigenvalue weighted by atomic mass is 9.98. The van der Waals surface area contributed by atoms with E-state index in [-0.39, 0.29) is 47.5 Å². The van der Waals surface area contributed by atoms with Gasteiger partial charge in [0.2, 0.25) is 21.8 Å². The Balaban J connectivity index is 1.69. The van der Waals surface area contributed by atoms with Crippen molar-refractivity contribution in [3.05, 3.63) is 51.0 Å². The monoisotopic (exact) mass is 526 g/mol. The molecule has 1 aromatic heterocycles. The second kappa shape index (κ2) is 10.5. The van der Waals surface area contributed by atoms with Crippen LogP contribution in [0.1, 0.15) is 28.4 Å². The molecule has 0 atom stereocenters. The van der Waals surface area contributed by atoms with Gasteiger partial charge in [0.05, 0.1) is 31.0 Å². The summed E-state index contributed by atoms with van der Waals surface area (Å²) < 4.78 is 37.0. The quantitative estimate of drug-likeness (QED) is 0.513. The van der Waals surface area contributed by atoms with Crippen LogP contribution in [0.25, 0.3) is 0 Å². The van der Waals surface area contributed by atoms with Crippen LogP contribution in [0.2, 0.25) is 10.0 Å². The van der Waals surface area contributed by atoms with Crippen LogP contribution in [0.5, 0.6) is 5.88 Å². The lowest BCUT2D eigenvalue weighted by Crippen LogP contribution is -2.55. The number of nitrogens with zero attached hydrogens (tertiary/aromatic N) is 3. The molecule has 1 saturated heterocycles. The van der Waals surface area contributed by atoms with Crippen molar-refractivity contribution in [2.75, 3.05) is 31.7 Å². The number of hydrogen-bond acceptors (Lipinski definition) is 9. The molecule has 2 heterocycles. The number of anilines is 1. The van der Waals surface area contributed by atoms with E-state index in [1.165, 1.54) is 31.4 Å². The van der Waals surface area contributed by atoms with Crippen LogP contribution < -0.4 is 14.4 Å². The summed E-state index contributed by atoms with van der Waals surface area (Å²) in [4.78, 5) is 30.5. The highest BCUT2D eigenvalue weighted by molar-refractivity contribution is 7.89. The number of hydrogen-bond donors (Lipinski definition) is 1. The zero-order valence-electron chi connectivity index (χ0n) is 18.2. The smallest absolute Gasteiger partial charge is 0.343 e. The normalized spacial score (nSPS) is 13.6. The van der Waals surface area contributed by atoms with E-state index in [1.807, 2.05) is 6.07 Å². The minimum Gasteiger partial charge on any atom is -0.480 e. The molecule has 1 amide bonds. The molecule has 2 aromatic rings. The molecule has 0 aliphatic carbocycles. The molecular weight excluding hydrogens is 507 g/mol. The predicted molar refractivity (Wildman–Crippen MR) is 124 cm³/mol. The number of benzene rings is 1. The van der Waals surface area contributed by atoms with E-state index in [9.17, 15) is 23.3 Å². The Bertz CT molecular complexity index is 1270. The van der Waals surface area contributed by atoms with Crippen LogP contribution in [-0.4, -0.2) is 52.1 Å². The first-order chi connectivity index (χ1) is 16.1. The average Bonchev–Trinajstić information content (AvgIpc) is 2.74. The van der Waals surface area contributed by atoms with Gasteiger partial charge in [-0.25, -0.2) is 13.2 Å². The molecule has 0 unspecified atom stereocenters. The number of esters is 1. The molecule has 0 radical (unpaired) electrons. The van der Waals surface area contributed by atoms with Crippen molar-refractivity contribution < 1.29 is 27.5 Å². The van der Waals surface area contributed by atoms with Gasteiger partial charge in [0.1, 0.15) is 11.6 Å². The highest BCUT2D eigenvalue weighted by Gasteiger charge is 2.37. The van der Waals surface area contributed by atoms with Gasteiger partial charge in [0.15, 0.2) is 5.82 Å². The number of carbonyl (C=O) groups excluding carboxylic acids is 2. The molecule has 0 saturated carbocycles. The second-order valence-corrected chi connectivity index (χ2v) is 9.88. The van der Waals surface area contributed by atoms with Crippen LogP contribution >= 0.6 is 23.2 Å². The fraction of sp³-hybridized carbons (Fsp3) is 0.333. The molecule has 3 rings (SSSR count). The topological polar surface area (TPSA) is 139 Å². The molecule has 0 spiro atoms. The Morgan fingerprint density at radius 1 is 1.29 bits per heavy atom. The highest BCUT2D eigenvalue weighted by Crippen LogP contribution is 2.31. The molecular formula is C21H20Cl2N4O6S. The first kappa shape index (κ1) is 25.6. The van der Waals surface area contributed by atoms with Crippen molar-refractivity contribution in [1.29, 1.82) is 5.26 Å². The van der Waals surface area contributed by atoms with Crippen molar-refractivity contribution in [1.82, 2.24) is 9.71 Å². The summed E-state index contributed by atoms with van der Waals surface area (Å²) >= 11 is 11.8. The van der Waals surface area contributed by atoms with Gasteiger partial charge in [0, 0.05) is 23.1 Å². The third-order valence-electron chi connectivity index (χ3n) is 4.95. The summed E-state index contributed by atoms with van der Waals surface area (Å²) in [5.74, 6) is -2.32. The molecule has 1 aromatic carbocycles. The number of aromatic nitrogens is 1. The van der Waals surface area contributed by atoms with Crippen molar-refractivity contribution in [2.24, 2.45) is 5.92 Å². The Hall–Kier alpha value is -3.07. The number of sulfonamides is 1. The number of halogens is 2. The standard InChI is InChI=1S/C21H20Cl2N4O6S/c1-3-33-21(29)16-6-13(8-24)18(25-20(16)32-2)27-9-14(10-27)19(28)26-34(30,31)11-12-4-5-15(22)7-17(12)23/h4-7,14H,3,9-11H2,1-2H3,(H,26,28). The lowest BCUT2D eigenvalue weighted by Gasteiger charge is -2.39. The summed E-state index contributed by atoms with van der Waals surface area (Å²) in [7, 11) is -2.68. The Morgan fingerprint density at radius 2 is 2.00 bits per heavy atom. The van der Waals surface area contributed by atoms with Crippen molar-refractivity contribution in [2.45, 2.75) is 12.7 Å². The molecule has 1 N–H and O–H groups in total. The minimum absolute atomic E-state index is 0.00594. The van der Waals surface area contributed by atoms with E-state index in [0.29, 0.717) is 10.6 Å². The largest absolute Gasteiger partial charge is 0.480 e. The first-order valence-electron chi connectivity index (χ1n) is 9.98. The number of nitrogens with one attached hydrogen (secondary N) is 1. The van der Waals surface area contributed by atoms with Crippen molar-refractivity contribution in [3.8, 4) is 11.9 Å². The molecule has 34 heavy (non-hydrogen) atoms. The highest BCUT2D eigenvalue weighted by atomic mass is 35.5. The summed E-state index contributed by atoms with van der Waals surface area (Å²) in [6, 6.07) is 7.68. The maximum Gasteiger partial charge on any atom is 0.343 e. The fourth-order valence-electron chi connectivity index (χ4n) is 3.25. The summed E-state index contributed by atoms with van der Waals surface area (Å²) in [5, 5.41) is 10.0. The number of carbonyl (C=O) groups is 2. The van der Waals surface area contributed by atoms with Gasteiger partial charge in [-0.3, -0.25) is 9.52 Å². The van der Waals surface area contributed by atoms with Crippen LogP contribution in [0, 0.1) is 17.2 Å². The molecule has 10 nitrogen and oxygen atoms in total. The molecule has 1 aliphatic rings. The molecule has 0 bridgehead atoms. The Labute approximate surface area is 206 Å². The van der Waals surface area contributed by atoms with Gasteiger partial charge in [-0.1, -0.05) is 29.3 Å². The van der Waals surface area contributed by atoms with Gasteiger partial charge in [0.25, 0.3) is 0 Å². The van der Waals surface area contributed by atoms with Crippen LogP contribution in [0.4, 0.5) is 5.82 Å². The molecule has 1 aliphatic heterocycles. The maximum atomic E-state index is 12.5. The van der Waals surface area contributed by atoms with E-state index in [0.717, 1.165) is 0 Å².